The Morgan fingerprint density at radius 1 is 1.10 bits per heavy atom. The fourth-order valence-corrected chi connectivity index (χ4v) is 3.57. The molecule has 7 heteroatoms. The van der Waals surface area contributed by atoms with Crippen molar-refractivity contribution in [3.8, 4) is 5.75 Å². The molecule has 1 aliphatic heterocycles. The zero-order valence-corrected chi connectivity index (χ0v) is 17.3. The number of nitrogens with zero attached hydrogens (tertiary/aromatic N) is 1. The van der Waals surface area contributed by atoms with Crippen LogP contribution in [0.1, 0.15) is 35.3 Å². The highest BCUT2D eigenvalue weighted by Gasteiger charge is 2.36. The lowest BCUT2D eigenvalue weighted by atomic mass is 10.1. The molecule has 2 N–H and O–H groups in total. The Morgan fingerprint density at radius 2 is 1.83 bits per heavy atom. The van der Waals surface area contributed by atoms with Gasteiger partial charge in [-0.1, -0.05) is 36.4 Å². The highest BCUT2D eigenvalue weighted by atomic mass is 16.5. The van der Waals surface area contributed by atoms with E-state index in [1.165, 1.54) is 0 Å². The Labute approximate surface area is 176 Å². The van der Waals surface area contributed by atoms with Crippen molar-refractivity contribution in [1.82, 2.24) is 15.5 Å². The topological polar surface area (TPSA) is 87.7 Å². The predicted octanol–water partition coefficient (Wildman–Crippen LogP) is 2.15. The molecule has 30 heavy (non-hydrogen) atoms. The second-order valence-electron chi connectivity index (χ2n) is 7.31. The summed E-state index contributed by atoms with van der Waals surface area (Å²) in [4.78, 5) is 38.8. The summed E-state index contributed by atoms with van der Waals surface area (Å²) in [5.74, 6) is -0.185. The molecule has 2 atom stereocenters. The van der Waals surface area contributed by atoms with E-state index in [4.69, 9.17) is 4.74 Å². The van der Waals surface area contributed by atoms with Crippen LogP contribution in [0.2, 0.25) is 0 Å². The average Bonchev–Trinajstić information content (AvgIpc) is 3.18. The van der Waals surface area contributed by atoms with E-state index in [0.29, 0.717) is 30.9 Å². The summed E-state index contributed by atoms with van der Waals surface area (Å²) in [6, 6.07) is 16.6. The standard InChI is InChI=1S/C23H27N3O4/c1-16(17-7-4-3-5-8-17)26-15-19(14-21(26)27)23(29)25-12-11-24-22(28)18-9-6-10-20(13-18)30-2/h3-10,13,16,19H,11-12,14-15H2,1-2H3,(H,24,28)(H,25,29). The number of rotatable bonds is 8. The van der Waals surface area contributed by atoms with Crippen LogP contribution in [0.5, 0.6) is 5.75 Å². The summed E-state index contributed by atoms with van der Waals surface area (Å²) in [5.41, 5.74) is 1.54. The highest BCUT2D eigenvalue weighted by molar-refractivity contribution is 5.94. The highest BCUT2D eigenvalue weighted by Crippen LogP contribution is 2.28. The van der Waals surface area contributed by atoms with Gasteiger partial charge < -0.3 is 20.3 Å². The van der Waals surface area contributed by atoms with Crippen LogP contribution in [-0.2, 0) is 9.59 Å². The molecule has 158 valence electrons. The number of carbonyl (C=O) groups excluding carboxylic acids is 3. The minimum Gasteiger partial charge on any atom is -0.497 e. The van der Waals surface area contributed by atoms with Crippen molar-refractivity contribution in [1.29, 1.82) is 0 Å². The Bertz CT molecular complexity index is 900. The summed E-state index contributed by atoms with van der Waals surface area (Å²) in [6.07, 6.45) is 0.208. The Balaban J connectivity index is 1.44. The fraction of sp³-hybridized carbons (Fsp3) is 0.348. The third kappa shape index (κ3) is 5.17. The van der Waals surface area contributed by atoms with Crippen molar-refractivity contribution in [2.75, 3.05) is 26.7 Å². The van der Waals surface area contributed by atoms with E-state index in [2.05, 4.69) is 10.6 Å². The van der Waals surface area contributed by atoms with Gasteiger partial charge in [0, 0.05) is 31.6 Å². The van der Waals surface area contributed by atoms with Crippen LogP contribution in [0.4, 0.5) is 0 Å². The molecule has 1 fully saturated rings. The maximum Gasteiger partial charge on any atom is 0.251 e. The van der Waals surface area contributed by atoms with E-state index in [1.54, 1.807) is 36.3 Å². The molecule has 0 bridgehead atoms. The van der Waals surface area contributed by atoms with Crippen LogP contribution < -0.4 is 15.4 Å². The molecule has 2 aromatic rings. The van der Waals surface area contributed by atoms with Gasteiger partial charge in [-0.2, -0.15) is 0 Å². The molecule has 0 saturated carbocycles. The monoisotopic (exact) mass is 409 g/mol. The van der Waals surface area contributed by atoms with Crippen LogP contribution in [0.25, 0.3) is 0 Å². The van der Waals surface area contributed by atoms with E-state index in [9.17, 15) is 14.4 Å². The molecule has 0 aromatic heterocycles. The maximum absolute atomic E-state index is 12.5. The van der Waals surface area contributed by atoms with E-state index in [0.717, 1.165) is 5.56 Å². The minimum atomic E-state index is -0.377. The quantitative estimate of drug-likeness (QED) is 0.654. The molecule has 7 nitrogen and oxygen atoms in total. The van der Waals surface area contributed by atoms with Gasteiger partial charge in [-0.05, 0) is 30.7 Å². The van der Waals surface area contributed by atoms with Gasteiger partial charge in [-0.3, -0.25) is 14.4 Å². The third-order valence-corrected chi connectivity index (χ3v) is 5.32. The molecule has 1 aliphatic rings. The lowest BCUT2D eigenvalue weighted by Gasteiger charge is -2.25. The van der Waals surface area contributed by atoms with Crippen molar-refractivity contribution in [2.45, 2.75) is 19.4 Å². The molecule has 1 heterocycles. The van der Waals surface area contributed by atoms with E-state index in [-0.39, 0.29) is 36.1 Å². The van der Waals surface area contributed by atoms with Gasteiger partial charge >= 0.3 is 0 Å². The van der Waals surface area contributed by atoms with E-state index >= 15 is 0 Å². The van der Waals surface area contributed by atoms with Gasteiger partial charge in [-0.15, -0.1) is 0 Å². The van der Waals surface area contributed by atoms with Crippen LogP contribution >= 0.6 is 0 Å². The van der Waals surface area contributed by atoms with Crippen molar-refractivity contribution in [3.05, 3.63) is 65.7 Å². The molecule has 2 aromatic carbocycles. The molecular formula is C23H27N3O4. The van der Waals surface area contributed by atoms with Gasteiger partial charge in [-0.25, -0.2) is 0 Å². The van der Waals surface area contributed by atoms with Crippen LogP contribution in [0.15, 0.2) is 54.6 Å². The molecule has 3 amide bonds. The number of benzene rings is 2. The number of amides is 3. The molecular weight excluding hydrogens is 382 g/mol. The number of carbonyl (C=O) groups is 3. The van der Waals surface area contributed by atoms with Crippen molar-refractivity contribution in [3.63, 3.8) is 0 Å². The molecule has 0 radical (unpaired) electrons. The second kappa shape index (κ2) is 9.91. The maximum atomic E-state index is 12.5. The fourth-order valence-electron chi connectivity index (χ4n) is 3.57. The van der Waals surface area contributed by atoms with Crippen molar-refractivity contribution in [2.24, 2.45) is 5.92 Å². The normalized spacial score (nSPS) is 16.8. The van der Waals surface area contributed by atoms with E-state index < -0.39 is 0 Å². The number of likely N-dealkylation sites (tertiary alicyclic amines) is 1. The minimum absolute atomic E-state index is 0.0159. The summed E-state index contributed by atoms with van der Waals surface area (Å²) >= 11 is 0. The van der Waals surface area contributed by atoms with Gasteiger partial charge in [0.25, 0.3) is 5.91 Å². The van der Waals surface area contributed by atoms with Crippen molar-refractivity contribution < 1.29 is 19.1 Å². The van der Waals surface area contributed by atoms with E-state index in [1.807, 2.05) is 37.3 Å². The first-order valence-electron chi connectivity index (χ1n) is 10.0. The zero-order chi connectivity index (χ0) is 21.5. The molecule has 3 rings (SSSR count). The summed E-state index contributed by atoms with van der Waals surface area (Å²) in [6.45, 7) is 2.97. The number of hydrogen-bond donors (Lipinski definition) is 2. The van der Waals surface area contributed by atoms with Crippen molar-refractivity contribution >= 4 is 17.7 Å². The van der Waals surface area contributed by atoms with Crippen LogP contribution in [0.3, 0.4) is 0 Å². The lowest BCUT2D eigenvalue weighted by molar-refractivity contribution is -0.130. The summed E-state index contributed by atoms with van der Waals surface area (Å²) in [7, 11) is 1.54. The zero-order valence-electron chi connectivity index (χ0n) is 17.3. The molecule has 0 spiro atoms. The van der Waals surface area contributed by atoms with Gasteiger partial charge in [0.05, 0.1) is 19.1 Å². The number of hydrogen-bond acceptors (Lipinski definition) is 4. The third-order valence-electron chi connectivity index (χ3n) is 5.32. The largest absolute Gasteiger partial charge is 0.497 e. The Morgan fingerprint density at radius 3 is 2.57 bits per heavy atom. The number of methoxy groups -OCH3 is 1. The Hall–Kier alpha value is -3.35. The van der Waals surface area contributed by atoms with Gasteiger partial charge in [0.2, 0.25) is 11.8 Å². The van der Waals surface area contributed by atoms with Crippen LogP contribution in [0, 0.1) is 5.92 Å². The SMILES string of the molecule is COc1cccc(C(=O)NCCNC(=O)C2CC(=O)N(C(C)c3ccccc3)C2)c1. The first-order valence-corrected chi connectivity index (χ1v) is 10.0. The molecule has 2 unspecified atom stereocenters. The molecule has 1 saturated heterocycles. The van der Waals surface area contributed by atoms with Crippen LogP contribution in [-0.4, -0.2) is 49.4 Å². The van der Waals surface area contributed by atoms with Gasteiger partial charge in [0.1, 0.15) is 5.75 Å². The lowest BCUT2D eigenvalue weighted by Crippen LogP contribution is -2.38. The summed E-state index contributed by atoms with van der Waals surface area (Å²) in [5, 5.41) is 5.58. The first-order chi connectivity index (χ1) is 14.5. The molecule has 0 aliphatic carbocycles. The average molecular weight is 409 g/mol. The van der Waals surface area contributed by atoms with Gasteiger partial charge in [0.15, 0.2) is 0 Å². The smallest absolute Gasteiger partial charge is 0.251 e. The Kier molecular flexibility index (Phi) is 7.06. The number of nitrogens with one attached hydrogen (secondary N) is 2. The summed E-state index contributed by atoms with van der Waals surface area (Å²) < 4.78 is 5.11. The second-order valence-corrected chi connectivity index (χ2v) is 7.31. The first kappa shape index (κ1) is 21.4. The predicted molar refractivity (Wildman–Crippen MR) is 113 cm³/mol. The number of ether oxygens (including phenoxy) is 1.